The van der Waals surface area contributed by atoms with Gasteiger partial charge >= 0.3 is 0 Å². The first-order valence-corrected chi connectivity index (χ1v) is 8.93. The van der Waals surface area contributed by atoms with E-state index in [1.54, 1.807) is 0 Å². The molecule has 0 bridgehead atoms. The Bertz CT molecular complexity index is 707. The van der Waals surface area contributed by atoms with Gasteiger partial charge in [-0.25, -0.2) is 4.98 Å². The summed E-state index contributed by atoms with van der Waals surface area (Å²) in [6.07, 6.45) is 5.74. The molecule has 0 aromatic carbocycles. The molecule has 25 heavy (non-hydrogen) atoms. The number of nitrogen functional groups attached to an aromatic ring is 1. The molecule has 1 saturated heterocycles. The van der Waals surface area contributed by atoms with E-state index in [4.69, 9.17) is 11.5 Å². The first-order valence-electron chi connectivity index (χ1n) is 8.93. The van der Waals surface area contributed by atoms with Crippen molar-refractivity contribution in [1.29, 1.82) is 0 Å². The average Bonchev–Trinajstić information content (AvgIpc) is 2.60. The maximum absolute atomic E-state index is 5.95. The highest BCUT2D eigenvalue weighted by molar-refractivity contribution is 5.45. The van der Waals surface area contributed by atoms with E-state index in [0.717, 1.165) is 57.1 Å². The Morgan fingerprint density at radius 2 is 1.92 bits per heavy atom. The number of hydrogen-bond donors (Lipinski definition) is 2. The van der Waals surface area contributed by atoms with Crippen molar-refractivity contribution < 1.29 is 0 Å². The molecule has 0 radical (unpaired) electrons. The summed E-state index contributed by atoms with van der Waals surface area (Å²) in [5, 5.41) is 0. The normalized spacial score (nSPS) is 24.1. The molecule has 2 aromatic heterocycles. The van der Waals surface area contributed by atoms with Crippen LogP contribution in [0.1, 0.15) is 30.0 Å². The Morgan fingerprint density at radius 1 is 1.12 bits per heavy atom. The molecule has 7 heteroatoms. The Labute approximate surface area is 148 Å². The lowest BCUT2D eigenvalue weighted by molar-refractivity contribution is 0.249. The fourth-order valence-corrected chi connectivity index (χ4v) is 3.63. The van der Waals surface area contributed by atoms with E-state index in [9.17, 15) is 0 Å². The van der Waals surface area contributed by atoms with Crippen molar-refractivity contribution in [3.8, 4) is 0 Å². The second-order valence-electron chi connectivity index (χ2n) is 7.06. The summed E-state index contributed by atoms with van der Waals surface area (Å²) in [7, 11) is 0. The van der Waals surface area contributed by atoms with Crippen molar-refractivity contribution in [2.45, 2.75) is 31.3 Å². The molecule has 4 rings (SSSR count). The zero-order valence-corrected chi connectivity index (χ0v) is 14.4. The third-order valence-corrected chi connectivity index (χ3v) is 5.17. The molecule has 4 N–H and O–H groups in total. The number of aromatic nitrogens is 3. The summed E-state index contributed by atoms with van der Waals surface area (Å²) in [4.78, 5) is 17.8. The van der Waals surface area contributed by atoms with Gasteiger partial charge in [0, 0.05) is 63.1 Å². The minimum Gasteiger partial charge on any atom is -0.368 e. The molecule has 0 spiro atoms. The Morgan fingerprint density at radius 3 is 2.60 bits per heavy atom. The molecule has 1 aliphatic carbocycles. The van der Waals surface area contributed by atoms with Gasteiger partial charge in [0.25, 0.3) is 0 Å². The molecule has 2 aromatic rings. The molecule has 0 amide bonds. The van der Waals surface area contributed by atoms with E-state index >= 15 is 0 Å². The number of rotatable bonds is 4. The highest BCUT2D eigenvalue weighted by Crippen LogP contribution is 2.35. The Hall–Kier alpha value is -2.25. The van der Waals surface area contributed by atoms with Crippen LogP contribution in [-0.4, -0.2) is 52.1 Å². The van der Waals surface area contributed by atoms with Gasteiger partial charge in [-0.15, -0.1) is 0 Å². The lowest BCUT2D eigenvalue weighted by Crippen LogP contribution is -2.46. The average molecular weight is 339 g/mol. The van der Waals surface area contributed by atoms with Crippen LogP contribution in [0, 0.1) is 0 Å². The van der Waals surface area contributed by atoms with E-state index in [2.05, 4.69) is 36.9 Å². The van der Waals surface area contributed by atoms with E-state index < -0.39 is 0 Å². The molecular weight excluding hydrogens is 314 g/mol. The highest BCUT2D eigenvalue weighted by Gasteiger charge is 2.29. The van der Waals surface area contributed by atoms with Crippen LogP contribution in [0.15, 0.2) is 30.6 Å². The van der Waals surface area contributed by atoms with Gasteiger partial charge in [0.1, 0.15) is 5.82 Å². The number of nitrogens with zero attached hydrogens (tertiary/aromatic N) is 5. The van der Waals surface area contributed by atoms with Crippen LogP contribution in [0.2, 0.25) is 0 Å². The van der Waals surface area contributed by atoms with Gasteiger partial charge in [-0.3, -0.25) is 9.88 Å². The highest BCUT2D eigenvalue weighted by atomic mass is 15.3. The summed E-state index contributed by atoms with van der Waals surface area (Å²) in [5.41, 5.74) is 14.2. The molecule has 2 fully saturated rings. The SMILES string of the molecule is Nc1nc(C2CC(N)C2)cc(N2CCN(Cc3cccnc3)CC2)n1. The fraction of sp³-hybridized carbons (Fsp3) is 0.500. The standard InChI is InChI=1S/C18H25N7/c19-15-8-14(9-15)16-10-17(23-18(20)22-16)25-6-4-24(5-7-25)12-13-2-1-3-21-11-13/h1-3,10-11,14-15H,4-9,12,19H2,(H2,20,22,23). The Kier molecular flexibility index (Phi) is 4.50. The van der Waals surface area contributed by atoms with Crippen LogP contribution < -0.4 is 16.4 Å². The van der Waals surface area contributed by atoms with Crippen LogP contribution in [0.4, 0.5) is 11.8 Å². The monoisotopic (exact) mass is 339 g/mol. The molecule has 3 heterocycles. The first kappa shape index (κ1) is 16.2. The van der Waals surface area contributed by atoms with Crippen LogP contribution >= 0.6 is 0 Å². The number of nitrogens with two attached hydrogens (primary N) is 2. The van der Waals surface area contributed by atoms with Crippen molar-refractivity contribution in [2.75, 3.05) is 36.8 Å². The van der Waals surface area contributed by atoms with Gasteiger partial charge in [-0.1, -0.05) is 6.07 Å². The second-order valence-corrected chi connectivity index (χ2v) is 7.06. The first-order chi connectivity index (χ1) is 12.2. The lowest BCUT2D eigenvalue weighted by atomic mass is 9.78. The summed E-state index contributed by atoms with van der Waals surface area (Å²) >= 11 is 0. The van der Waals surface area contributed by atoms with Crippen molar-refractivity contribution in [3.63, 3.8) is 0 Å². The van der Waals surface area contributed by atoms with Crippen molar-refractivity contribution in [1.82, 2.24) is 19.9 Å². The zero-order valence-electron chi connectivity index (χ0n) is 14.4. The molecule has 2 aliphatic rings. The molecule has 0 atom stereocenters. The molecule has 0 unspecified atom stereocenters. The summed E-state index contributed by atoms with van der Waals surface area (Å²) < 4.78 is 0. The molecular formula is C18H25N7. The van der Waals surface area contributed by atoms with Gasteiger partial charge in [-0.2, -0.15) is 4.98 Å². The van der Waals surface area contributed by atoms with Crippen LogP contribution in [0.3, 0.4) is 0 Å². The summed E-state index contributed by atoms with van der Waals surface area (Å²) in [6.45, 7) is 4.84. The van der Waals surface area contributed by atoms with E-state index in [1.807, 2.05) is 18.5 Å². The number of piperazine rings is 1. The minimum atomic E-state index is 0.306. The van der Waals surface area contributed by atoms with E-state index in [1.165, 1.54) is 5.56 Å². The van der Waals surface area contributed by atoms with Gasteiger partial charge in [0.2, 0.25) is 5.95 Å². The largest absolute Gasteiger partial charge is 0.368 e. The van der Waals surface area contributed by atoms with Crippen molar-refractivity contribution >= 4 is 11.8 Å². The second kappa shape index (κ2) is 6.93. The van der Waals surface area contributed by atoms with E-state index in [0.29, 0.717) is 17.9 Å². The minimum absolute atomic E-state index is 0.306. The quantitative estimate of drug-likeness (QED) is 0.857. The van der Waals surface area contributed by atoms with Gasteiger partial charge < -0.3 is 16.4 Å². The lowest BCUT2D eigenvalue weighted by Gasteiger charge is -2.36. The zero-order chi connectivity index (χ0) is 17.2. The predicted octanol–water partition coefficient (Wildman–Crippen LogP) is 0.981. The number of hydrogen-bond acceptors (Lipinski definition) is 7. The van der Waals surface area contributed by atoms with Crippen LogP contribution in [-0.2, 0) is 6.54 Å². The van der Waals surface area contributed by atoms with Crippen molar-refractivity contribution in [2.24, 2.45) is 5.73 Å². The number of pyridine rings is 1. The molecule has 7 nitrogen and oxygen atoms in total. The summed E-state index contributed by atoms with van der Waals surface area (Å²) in [5.74, 6) is 1.75. The maximum Gasteiger partial charge on any atom is 0.222 e. The number of anilines is 2. The van der Waals surface area contributed by atoms with Crippen LogP contribution in [0.25, 0.3) is 0 Å². The topological polar surface area (TPSA) is 97.2 Å². The molecule has 132 valence electrons. The van der Waals surface area contributed by atoms with Crippen molar-refractivity contribution in [3.05, 3.63) is 41.9 Å². The third-order valence-electron chi connectivity index (χ3n) is 5.17. The third kappa shape index (κ3) is 3.72. The molecule has 1 aliphatic heterocycles. The predicted molar refractivity (Wildman–Crippen MR) is 98.1 cm³/mol. The Balaban J connectivity index is 1.39. The fourth-order valence-electron chi connectivity index (χ4n) is 3.63. The van der Waals surface area contributed by atoms with Gasteiger partial charge in [0.15, 0.2) is 0 Å². The van der Waals surface area contributed by atoms with Gasteiger partial charge in [-0.05, 0) is 24.5 Å². The maximum atomic E-state index is 5.95. The summed E-state index contributed by atoms with van der Waals surface area (Å²) in [6, 6.07) is 6.52. The molecule has 1 saturated carbocycles. The van der Waals surface area contributed by atoms with Crippen LogP contribution in [0.5, 0.6) is 0 Å². The smallest absolute Gasteiger partial charge is 0.222 e. The van der Waals surface area contributed by atoms with E-state index in [-0.39, 0.29) is 0 Å². The van der Waals surface area contributed by atoms with Gasteiger partial charge in [0.05, 0.1) is 5.69 Å².